The van der Waals surface area contributed by atoms with E-state index >= 15 is 0 Å². The Kier molecular flexibility index (Phi) is 3.13. The quantitative estimate of drug-likeness (QED) is 0.741. The van der Waals surface area contributed by atoms with E-state index < -0.39 is 10.0 Å². The maximum atomic E-state index is 13.4. The van der Waals surface area contributed by atoms with Crippen LogP contribution >= 0.6 is 0 Å². The molecule has 5 aliphatic carbocycles. The van der Waals surface area contributed by atoms with Crippen LogP contribution in [-0.2, 0) is 14.8 Å². The van der Waals surface area contributed by atoms with E-state index in [1.807, 2.05) is 0 Å². The van der Waals surface area contributed by atoms with E-state index in [0.717, 1.165) is 18.6 Å². The number of nitrogens with zero attached hydrogens (tertiary/aromatic N) is 1. The summed E-state index contributed by atoms with van der Waals surface area (Å²) in [6, 6.07) is 8.46. The van der Waals surface area contributed by atoms with Gasteiger partial charge in [-0.1, -0.05) is 42.5 Å². The van der Waals surface area contributed by atoms with Crippen molar-refractivity contribution in [3.63, 3.8) is 0 Å². The van der Waals surface area contributed by atoms with Gasteiger partial charge in [0.2, 0.25) is 0 Å². The van der Waals surface area contributed by atoms with Crippen LogP contribution in [0.1, 0.15) is 12.8 Å². The number of ketones is 1. The first kappa shape index (κ1) is 16.0. The summed E-state index contributed by atoms with van der Waals surface area (Å²) in [5.74, 6) is 1.23. The van der Waals surface area contributed by atoms with Gasteiger partial charge < -0.3 is 0 Å². The molecule has 3 fully saturated rings. The van der Waals surface area contributed by atoms with Crippen molar-refractivity contribution in [1.29, 1.82) is 0 Å². The van der Waals surface area contributed by atoms with Crippen LogP contribution < -0.4 is 0 Å². The number of hydrogen-bond donors (Lipinski definition) is 0. The lowest BCUT2D eigenvalue weighted by Crippen LogP contribution is -2.50. The number of allylic oxidation sites excluding steroid dienone is 4. The number of hydrogen-bond acceptors (Lipinski definition) is 3. The van der Waals surface area contributed by atoms with E-state index in [1.54, 1.807) is 30.3 Å². The summed E-state index contributed by atoms with van der Waals surface area (Å²) in [7, 11) is -3.76. The van der Waals surface area contributed by atoms with Crippen molar-refractivity contribution >= 4 is 21.5 Å². The molecule has 0 aromatic heterocycles. The molecule has 1 aromatic rings. The van der Waals surface area contributed by atoms with E-state index in [4.69, 9.17) is 0 Å². The second kappa shape index (κ2) is 5.28. The fraction of sp³-hybridized carbons (Fsp3) is 0.455. The molecule has 0 radical (unpaired) electrons. The maximum absolute atomic E-state index is 13.4. The molecule has 5 heteroatoms. The lowest BCUT2D eigenvalue weighted by atomic mass is 9.60. The molecule has 0 heterocycles. The highest BCUT2D eigenvalue weighted by Crippen LogP contribution is 2.61. The summed E-state index contributed by atoms with van der Waals surface area (Å²) in [6.07, 6.45) is 10.7. The Balaban J connectivity index is 1.52. The van der Waals surface area contributed by atoms with Crippen LogP contribution in [0, 0.1) is 47.3 Å². The van der Waals surface area contributed by atoms with Crippen LogP contribution in [0.5, 0.6) is 0 Å². The Bertz CT molecular complexity index is 979. The fourth-order valence-corrected chi connectivity index (χ4v) is 7.70. The van der Waals surface area contributed by atoms with Crippen molar-refractivity contribution in [3.8, 4) is 0 Å². The molecule has 0 spiro atoms. The molecule has 27 heavy (non-hydrogen) atoms. The van der Waals surface area contributed by atoms with Gasteiger partial charge in [0.05, 0.1) is 4.90 Å². The van der Waals surface area contributed by atoms with Crippen LogP contribution in [0.4, 0.5) is 0 Å². The predicted octanol–water partition coefficient (Wildman–Crippen LogP) is 3.28. The number of carbonyl (C=O) groups is 1. The summed E-state index contributed by atoms with van der Waals surface area (Å²) in [4.78, 5) is 13.6. The van der Waals surface area contributed by atoms with E-state index in [-0.39, 0.29) is 52.2 Å². The number of fused-ring (bicyclic) bond motifs is 10. The third-order valence-corrected chi connectivity index (χ3v) is 8.84. The van der Waals surface area contributed by atoms with Crippen molar-refractivity contribution in [3.05, 3.63) is 54.6 Å². The van der Waals surface area contributed by atoms with Crippen LogP contribution in [0.15, 0.2) is 63.9 Å². The molecule has 8 atom stereocenters. The van der Waals surface area contributed by atoms with E-state index in [0.29, 0.717) is 5.78 Å². The molecule has 1 aromatic carbocycles. The Morgan fingerprint density at radius 2 is 1.22 bits per heavy atom. The van der Waals surface area contributed by atoms with Crippen LogP contribution in [0.2, 0.25) is 0 Å². The Morgan fingerprint density at radius 1 is 0.741 bits per heavy atom. The predicted molar refractivity (Wildman–Crippen MR) is 102 cm³/mol. The molecule has 0 saturated heterocycles. The van der Waals surface area contributed by atoms with Gasteiger partial charge >= 0.3 is 0 Å². The number of carbonyl (C=O) groups excluding carboxylic acids is 1. The highest BCUT2D eigenvalue weighted by molar-refractivity contribution is 7.90. The van der Waals surface area contributed by atoms with Gasteiger partial charge in [0.25, 0.3) is 10.0 Å². The van der Waals surface area contributed by atoms with Crippen molar-refractivity contribution in [2.75, 3.05) is 0 Å². The summed E-state index contributed by atoms with van der Waals surface area (Å²) in [5.41, 5.74) is 0.794. The zero-order valence-electron chi connectivity index (χ0n) is 14.8. The van der Waals surface area contributed by atoms with Crippen LogP contribution in [-0.4, -0.2) is 19.9 Å². The van der Waals surface area contributed by atoms with Gasteiger partial charge in [-0.2, -0.15) is 12.8 Å². The summed E-state index contributed by atoms with van der Waals surface area (Å²) >= 11 is 0. The third-order valence-electron chi connectivity index (χ3n) is 7.53. The molecule has 4 bridgehead atoms. The second-order valence-corrected chi connectivity index (χ2v) is 10.3. The van der Waals surface area contributed by atoms with Gasteiger partial charge in [-0.05, 0) is 48.6 Å². The van der Waals surface area contributed by atoms with E-state index in [9.17, 15) is 13.2 Å². The average molecular weight is 379 g/mol. The highest BCUT2D eigenvalue weighted by Gasteiger charge is 2.63. The molecule has 6 rings (SSSR count). The minimum atomic E-state index is -3.76. The summed E-state index contributed by atoms with van der Waals surface area (Å²) in [5, 5.41) is 0. The SMILES string of the molecule is O=C1[C@@H]2[C@@H](C(=NS(=O)(=O)c3ccccc3)[C@H]3[C@@H]1[C@H]1C=C[C@H]3C1)[C@H]1C=C[C@H]2C1. The largest absolute Gasteiger partial charge is 0.299 e. The Morgan fingerprint density at radius 3 is 1.74 bits per heavy atom. The monoisotopic (exact) mass is 379 g/mol. The van der Waals surface area contributed by atoms with Gasteiger partial charge in [-0.25, -0.2) is 0 Å². The zero-order valence-corrected chi connectivity index (χ0v) is 15.6. The first-order valence-electron chi connectivity index (χ1n) is 9.85. The topological polar surface area (TPSA) is 63.6 Å². The molecule has 0 unspecified atom stereocenters. The Labute approximate surface area is 159 Å². The lowest BCUT2D eigenvalue weighted by Gasteiger charge is -2.42. The van der Waals surface area contributed by atoms with Gasteiger partial charge in [0.15, 0.2) is 0 Å². The van der Waals surface area contributed by atoms with Gasteiger partial charge in [-0.3, -0.25) is 4.79 Å². The van der Waals surface area contributed by atoms with E-state index in [1.165, 1.54) is 0 Å². The first-order chi connectivity index (χ1) is 13.0. The maximum Gasteiger partial charge on any atom is 0.282 e. The molecule has 138 valence electrons. The molecule has 5 aliphatic rings. The van der Waals surface area contributed by atoms with Gasteiger partial charge in [-0.15, -0.1) is 0 Å². The highest BCUT2D eigenvalue weighted by atomic mass is 32.2. The number of Topliss-reactive ketones (excluding diaryl/α,β-unsaturated/α-hetero) is 1. The minimum Gasteiger partial charge on any atom is -0.299 e. The average Bonchev–Trinajstić information content (AvgIpc) is 3.45. The van der Waals surface area contributed by atoms with E-state index in [2.05, 4.69) is 28.7 Å². The fourth-order valence-electron chi connectivity index (χ4n) is 6.58. The third kappa shape index (κ3) is 2.06. The molecule has 0 N–H and O–H groups in total. The van der Waals surface area contributed by atoms with Crippen LogP contribution in [0.25, 0.3) is 0 Å². The minimum absolute atomic E-state index is 0.0278. The van der Waals surface area contributed by atoms with Crippen molar-refractivity contribution in [2.45, 2.75) is 17.7 Å². The first-order valence-corrected chi connectivity index (χ1v) is 11.3. The van der Waals surface area contributed by atoms with Crippen molar-refractivity contribution < 1.29 is 13.2 Å². The molecule has 4 nitrogen and oxygen atoms in total. The summed E-state index contributed by atoms with van der Waals surface area (Å²) < 4.78 is 30.6. The van der Waals surface area contributed by atoms with Crippen LogP contribution in [0.3, 0.4) is 0 Å². The zero-order chi connectivity index (χ0) is 18.3. The molecule has 3 saturated carbocycles. The molecular weight excluding hydrogens is 358 g/mol. The molecule has 0 amide bonds. The van der Waals surface area contributed by atoms with Gasteiger partial charge in [0.1, 0.15) is 5.78 Å². The number of sulfonamides is 1. The summed E-state index contributed by atoms with van der Waals surface area (Å²) in [6.45, 7) is 0. The lowest BCUT2D eigenvalue weighted by molar-refractivity contribution is -0.131. The normalized spacial score (nSPS) is 44.9. The Hall–Kier alpha value is -2.01. The number of benzene rings is 1. The second-order valence-electron chi connectivity index (χ2n) is 8.71. The smallest absolute Gasteiger partial charge is 0.282 e. The standard InChI is InChI=1S/C22H21NO3S/c24-22-19-14-8-6-12(10-14)17(19)21(18-13-7-9-15(11-13)20(18)22)23-27(25,26)16-4-2-1-3-5-16/h1-9,12-15,17-20H,10-11H2/t12-,13-,14-,15-,17-,18+,19-,20-/m0/s1. The molecular formula is C22H21NO3S. The van der Waals surface area contributed by atoms with Crippen molar-refractivity contribution in [1.82, 2.24) is 0 Å². The molecule has 0 aliphatic heterocycles. The van der Waals surface area contributed by atoms with Crippen molar-refractivity contribution in [2.24, 2.45) is 51.7 Å². The van der Waals surface area contributed by atoms with Gasteiger partial charge in [0, 0.05) is 29.4 Å². The number of rotatable bonds is 2.